The maximum absolute atomic E-state index is 6.18. The molecule has 150 valence electrons. The zero-order valence-electron chi connectivity index (χ0n) is 15.6. The molecule has 2 nitrogen and oxygen atoms in total. The van der Waals surface area contributed by atoms with E-state index in [1.807, 2.05) is 60.7 Å². The van der Waals surface area contributed by atoms with Crippen molar-refractivity contribution in [3.63, 3.8) is 0 Å². The van der Waals surface area contributed by atoms with Crippen LogP contribution in [-0.2, 0) is 0 Å². The fourth-order valence-electron chi connectivity index (χ4n) is 3.60. The largest absolute Gasteiger partial charge is 0.245 e. The third-order valence-corrected chi connectivity index (χ3v) is 6.29. The molecule has 0 N–H and O–H groups in total. The molecule has 4 aromatic rings. The molecule has 2 heterocycles. The molecule has 0 unspecified atom stereocenters. The molecule has 30 heavy (non-hydrogen) atoms. The molecule has 0 fully saturated rings. The Morgan fingerprint density at radius 2 is 0.900 bits per heavy atom. The van der Waals surface area contributed by atoms with Gasteiger partial charge < -0.3 is 0 Å². The van der Waals surface area contributed by atoms with Gasteiger partial charge in [-0.1, -0.05) is 59.6 Å². The van der Waals surface area contributed by atoms with Crippen LogP contribution in [0.1, 0.15) is 34.4 Å². The van der Waals surface area contributed by atoms with Gasteiger partial charge in [0.05, 0.1) is 11.4 Å². The van der Waals surface area contributed by atoms with E-state index in [1.54, 1.807) is 0 Å². The van der Waals surface area contributed by atoms with Gasteiger partial charge in [0.1, 0.15) is 9.21 Å². The van der Waals surface area contributed by atoms with Gasteiger partial charge in [0, 0.05) is 21.9 Å². The smallest absolute Gasteiger partial charge is 0.106 e. The number of aromatic nitrogens is 2. The lowest BCUT2D eigenvalue weighted by molar-refractivity contribution is 0.655. The Morgan fingerprint density at radius 3 is 1.23 bits per heavy atom. The van der Waals surface area contributed by atoms with E-state index in [9.17, 15) is 0 Å². The highest BCUT2D eigenvalue weighted by Crippen LogP contribution is 2.42. The van der Waals surface area contributed by atoms with Gasteiger partial charge in [-0.2, -0.15) is 0 Å². The minimum absolute atomic E-state index is 0.0808. The predicted molar refractivity (Wildman–Crippen MR) is 130 cm³/mol. The number of halogens is 4. The van der Waals surface area contributed by atoms with Crippen molar-refractivity contribution in [3.8, 4) is 0 Å². The summed E-state index contributed by atoms with van der Waals surface area (Å²) in [6, 6.07) is 27.8. The van der Waals surface area contributed by atoms with E-state index in [4.69, 9.17) is 33.2 Å². The van der Waals surface area contributed by atoms with Gasteiger partial charge in [-0.3, -0.25) is 0 Å². The monoisotopic (exact) mass is 560 g/mol. The lowest BCUT2D eigenvalue weighted by Gasteiger charge is -2.28. The number of benzene rings is 2. The van der Waals surface area contributed by atoms with Crippen molar-refractivity contribution >= 4 is 55.1 Å². The first-order valence-electron chi connectivity index (χ1n) is 9.27. The first kappa shape index (κ1) is 21.5. The SMILES string of the molecule is Clc1ccc([C@H](c2cccc(Br)n2)[C@H](c2ccc(Cl)cc2)c2cccc(Br)n2)cc1. The third-order valence-electron chi connectivity index (χ3n) is 4.90. The molecular weight excluding hydrogens is 547 g/mol. The molecule has 2 atom stereocenters. The second-order valence-electron chi connectivity index (χ2n) is 6.83. The van der Waals surface area contributed by atoms with Crippen LogP contribution in [0.25, 0.3) is 0 Å². The summed E-state index contributed by atoms with van der Waals surface area (Å²) in [6.45, 7) is 0. The molecule has 0 aliphatic rings. The first-order chi connectivity index (χ1) is 14.5. The van der Waals surface area contributed by atoms with E-state index in [-0.39, 0.29) is 11.8 Å². The minimum atomic E-state index is -0.0808. The highest BCUT2D eigenvalue weighted by Gasteiger charge is 2.30. The molecule has 0 saturated carbocycles. The summed E-state index contributed by atoms with van der Waals surface area (Å²) in [5, 5.41) is 1.40. The second kappa shape index (κ2) is 9.61. The van der Waals surface area contributed by atoms with E-state index >= 15 is 0 Å². The highest BCUT2D eigenvalue weighted by molar-refractivity contribution is 9.10. The molecular formula is C24H16Br2Cl2N2. The lowest BCUT2D eigenvalue weighted by Crippen LogP contribution is -2.17. The van der Waals surface area contributed by atoms with Gasteiger partial charge in [-0.05, 0) is 91.5 Å². The Hall–Kier alpha value is -1.72. The number of hydrogen-bond acceptors (Lipinski definition) is 2. The van der Waals surface area contributed by atoms with Gasteiger partial charge in [0.15, 0.2) is 0 Å². The quantitative estimate of drug-likeness (QED) is 0.229. The third kappa shape index (κ3) is 4.94. The average Bonchev–Trinajstić information content (AvgIpc) is 2.74. The van der Waals surface area contributed by atoms with Crippen LogP contribution in [0.3, 0.4) is 0 Å². The zero-order valence-corrected chi connectivity index (χ0v) is 20.3. The van der Waals surface area contributed by atoms with E-state index in [0.717, 1.165) is 31.7 Å². The molecule has 0 amide bonds. The Balaban J connectivity index is 1.96. The number of hydrogen-bond donors (Lipinski definition) is 0. The van der Waals surface area contributed by atoms with Crippen LogP contribution in [0.5, 0.6) is 0 Å². The summed E-state index contributed by atoms with van der Waals surface area (Å²) in [4.78, 5) is 9.60. The maximum atomic E-state index is 6.18. The fraction of sp³-hybridized carbons (Fsp3) is 0.0833. The zero-order chi connectivity index (χ0) is 21.1. The van der Waals surface area contributed by atoms with Crippen LogP contribution in [0.2, 0.25) is 10.0 Å². The summed E-state index contributed by atoms with van der Waals surface area (Å²) < 4.78 is 1.58. The van der Waals surface area contributed by atoms with Crippen LogP contribution in [0.4, 0.5) is 0 Å². The van der Waals surface area contributed by atoms with Crippen molar-refractivity contribution in [1.29, 1.82) is 0 Å². The van der Waals surface area contributed by atoms with Crippen molar-refractivity contribution in [2.75, 3.05) is 0 Å². The molecule has 0 bridgehead atoms. The van der Waals surface area contributed by atoms with E-state index in [2.05, 4.69) is 56.1 Å². The standard InChI is InChI=1S/C24H16Br2Cl2N2/c25-21-5-1-3-19(29-21)23(15-7-11-17(27)12-8-15)24(16-9-13-18(28)14-10-16)20-4-2-6-22(26)30-20/h1-14,23-24H/t23-,24-/m1/s1. The summed E-state index contributed by atoms with van der Waals surface area (Å²) in [7, 11) is 0. The Labute approximate surface area is 202 Å². The summed E-state index contributed by atoms with van der Waals surface area (Å²) in [5.41, 5.74) is 4.08. The van der Waals surface area contributed by atoms with Crippen LogP contribution in [0.15, 0.2) is 94.1 Å². The van der Waals surface area contributed by atoms with Crippen LogP contribution in [-0.4, -0.2) is 9.97 Å². The van der Waals surface area contributed by atoms with Crippen molar-refractivity contribution in [2.24, 2.45) is 0 Å². The molecule has 6 heteroatoms. The minimum Gasteiger partial charge on any atom is -0.245 e. The van der Waals surface area contributed by atoms with Crippen molar-refractivity contribution < 1.29 is 0 Å². The van der Waals surface area contributed by atoms with E-state index in [0.29, 0.717) is 10.0 Å². The Morgan fingerprint density at radius 1 is 0.533 bits per heavy atom. The van der Waals surface area contributed by atoms with Crippen molar-refractivity contribution in [2.45, 2.75) is 11.8 Å². The fourth-order valence-corrected chi connectivity index (χ4v) is 4.57. The van der Waals surface area contributed by atoms with Crippen LogP contribution < -0.4 is 0 Å². The topological polar surface area (TPSA) is 25.8 Å². The van der Waals surface area contributed by atoms with Gasteiger partial charge in [-0.15, -0.1) is 0 Å². The summed E-state index contributed by atoms with van der Waals surface area (Å²) in [6.07, 6.45) is 0. The molecule has 2 aromatic heterocycles. The van der Waals surface area contributed by atoms with Crippen LogP contribution >= 0.6 is 55.1 Å². The van der Waals surface area contributed by atoms with Gasteiger partial charge in [0.25, 0.3) is 0 Å². The molecule has 0 aliphatic carbocycles. The number of pyridine rings is 2. The van der Waals surface area contributed by atoms with Gasteiger partial charge >= 0.3 is 0 Å². The van der Waals surface area contributed by atoms with Gasteiger partial charge in [0.2, 0.25) is 0 Å². The molecule has 0 aliphatic heterocycles. The predicted octanol–water partition coefficient (Wildman–Crippen LogP) is 8.27. The Kier molecular flexibility index (Phi) is 6.89. The highest BCUT2D eigenvalue weighted by atomic mass is 79.9. The molecule has 0 saturated heterocycles. The van der Waals surface area contributed by atoms with E-state index < -0.39 is 0 Å². The van der Waals surface area contributed by atoms with Crippen LogP contribution in [0, 0.1) is 0 Å². The molecule has 0 spiro atoms. The Bertz CT molecular complexity index is 1060. The molecule has 4 rings (SSSR count). The normalized spacial score (nSPS) is 13.1. The van der Waals surface area contributed by atoms with Gasteiger partial charge in [-0.25, -0.2) is 9.97 Å². The lowest BCUT2D eigenvalue weighted by atomic mass is 9.77. The number of nitrogens with zero attached hydrogens (tertiary/aromatic N) is 2. The number of rotatable bonds is 5. The maximum Gasteiger partial charge on any atom is 0.106 e. The van der Waals surface area contributed by atoms with Crippen molar-refractivity contribution in [1.82, 2.24) is 9.97 Å². The molecule has 2 aromatic carbocycles. The average molecular weight is 563 g/mol. The summed E-state index contributed by atoms with van der Waals surface area (Å²) in [5.74, 6) is -0.162. The van der Waals surface area contributed by atoms with Crippen molar-refractivity contribution in [3.05, 3.63) is 127 Å². The summed E-state index contributed by atoms with van der Waals surface area (Å²) >= 11 is 19.4. The molecule has 0 radical (unpaired) electrons. The second-order valence-corrected chi connectivity index (χ2v) is 9.33. The first-order valence-corrected chi connectivity index (χ1v) is 11.6. The van der Waals surface area contributed by atoms with E-state index in [1.165, 1.54) is 0 Å².